The number of urea groups is 1. The summed E-state index contributed by atoms with van der Waals surface area (Å²) in [5, 5.41) is 11.6. The van der Waals surface area contributed by atoms with Gasteiger partial charge in [-0.1, -0.05) is 30.3 Å². The second-order valence-corrected chi connectivity index (χ2v) is 7.87. The number of esters is 2. The molecule has 174 valence electrons. The zero-order valence-electron chi connectivity index (χ0n) is 18.1. The van der Waals surface area contributed by atoms with E-state index in [4.69, 9.17) is 9.47 Å². The van der Waals surface area contributed by atoms with Gasteiger partial charge in [-0.2, -0.15) is 11.3 Å². The average molecular weight is 472 g/mol. The molecule has 1 aliphatic heterocycles. The van der Waals surface area contributed by atoms with Crippen LogP contribution in [0.3, 0.4) is 0 Å². The first-order valence-corrected chi connectivity index (χ1v) is 11.4. The number of rotatable bonds is 10. The SMILES string of the molecule is CCOC(=O)C1=C(COC(=O)CCCNC(=O)c2ccsc2)NC(=O)NC1c1ccccc1. The van der Waals surface area contributed by atoms with Gasteiger partial charge in [-0.15, -0.1) is 0 Å². The van der Waals surface area contributed by atoms with Crippen LogP contribution in [0, 0.1) is 0 Å². The van der Waals surface area contributed by atoms with Crippen molar-refractivity contribution >= 4 is 35.2 Å². The standard InChI is InChI=1S/C23H25N3O6S/c1-2-31-22(29)19-17(25-23(30)26-20(19)15-7-4-3-5-8-15)13-32-18(27)9-6-11-24-21(28)16-10-12-33-14-16/h3-5,7-8,10,12,14,20H,2,6,9,11,13H2,1H3,(H,24,28)(H2,25,26,30). The van der Waals surface area contributed by atoms with Gasteiger partial charge in [0.05, 0.1) is 23.9 Å². The molecule has 3 rings (SSSR count). The smallest absolute Gasteiger partial charge is 0.338 e. The van der Waals surface area contributed by atoms with Crippen molar-refractivity contribution in [2.45, 2.75) is 25.8 Å². The number of carbonyl (C=O) groups excluding carboxylic acids is 4. The Labute approximate surface area is 195 Å². The van der Waals surface area contributed by atoms with Crippen molar-refractivity contribution in [1.29, 1.82) is 0 Å². The Hall–Kier alpha value is -3.66. The molecule has 0 saturated heterocycles. The quantitative estimate of drug-likeness (QED) is 0.362. The van der Waals surface area contributed by atoms with Crippen LogP contribution in [0.15, 0.2) is 58.4 Å². The predicted octanol–water partition coefficient (Wildman–Crippen LogP) is 2.67. The van der Waals surface area contributed by atoms with E-state index in [1.807, 2.05) is 11.4 Å². The van der Waals surface area contributed by atoms with Gasteiger partial charge in [0, 0.05) is 23.9 Å². The molecule has 10 heteroatoms. The summed E-state index contributed by atoms with van der Waals surface area (Å²) in [5.74, 6) is -1.32. The molecule has 1 aromatic carbocycles. The fourth-order valence-electron chi connectivity index (χ4n) is 3.23. The highest BCUT2D eigenvalue weighted by molar-refractivity contribution is 7.08. The fourth-order valence-corrected chi connectivity index (χ4v) is 3.87. The van der Waals surface area contributed by atoms with Crippen molar-refractivity contribution in [2.75, 3.05) is 19.8 Å². The molecule has 0 spiro atoms. The van der Waals surface area contributed by atoms with Crippen LogP contribution in [0.2, 0.25) is 0 Å². The first-order valence-electron chi connectivity index (χ1n) is 10.5. The molecular weight excluding hydrogens is 446 g/mol. The predicted molar refractivity (Wildman–Crippen MR) is 121 cm³/mol. The van der Waals surface area contributed by atoms with Gasteiger partial charge in [0.25, 0.3) is 5.91 Å². The number of carbonyl (C=O) groups is 4. The lowest BCUT2D eigenvalue weighted by atomic mass is 9.95. The maximum atomic E-state index is 12.7. The van der Waals surface area contributed by atoms with E-state index in [1.165, 1.54) is 11.3 Å². The van der Waals surface area contributed by atoms with Crippen LogP contribution in [-0.2, 0) is 19.1 Å². The lowest BCUT2D eigenvalue weighted by Gasteiger charge is -2.29. The third-order valence-electron chi connectivity index (χ3n) is 4.79. The van der Waals surface area contributed by atoms with E-state index in [0.717, 1.165) is 0 Å². The highest BCUT2D eigenvalue weighted by atomic mass is 32.1. The van der Waals surface area contributed by atoms with Gasteiger partial charge in [0.1, 0.15) is 6.61 Å². The van der Waals surface area contributed by atoms with E-state index in [9.17, 15) is 19.2 Å². The van der Waals surface area contributed by atoms with Crippen LogP contribution in [-0.4, -0.2) is 43.6 Å². The zero-order chi connectivity index (χ0) is 23.6. The van der Waals surface area contributed by atoms with Gasteiger partial charge < -0.3 is 25.4 Å². The summed E-state index contributed by atoms with van der Waals surface area (Å²) in [7, 11) is 0. The number of thiophene rings is 1. The molecule has 0 bridgehead atoms. The summed E-state index contributed by atoms with van der Waals surface area (Å²) in [5.41, 5.74) is 1.62. The molecule has 2 aromatic rings. The normalized spacial score (nSPS) is 15.3. The van der Waals surface area contributed by atoms with Crippen molar-refractivity contribution in [3.05, 3.63) is 69.6 Å². The Balaban J connectivity index is 1.60. The van der Waals surface area contributed by atoms with Gasteiger partial charge in [0.15, 0.2) is 0 Å². The Morgan fingerprint density at radius 3 is 2.61 bits per heavy atom. The number of amides is 3. The Morgan fingerprint density at radius 2 is 1.91 bits per heavy atom. The molecule has 1 unspecified atom stereocenters. The average Bonchev–Trinajstić information content (AvgIpc) is 3.36. The van der Waals surface area contributed by atoms with Crippen LogP contribution in [0.5, 0.6) is 0 Å². The molecule has 0 saturated carbocycles. The van der Waals surface area contributed by atoms with Gasteiger partial charge in [-0.3, -0.25) is 9.59 Å². The Morgan fingerprint density at radius 1 is 1.12 bits per heavy atom. The van der Waals surface area contributed by atoms with Crippen LogP contribution < -0.4 is 16.0 Å². The summed E-state index contributed by atoms with van der Waals surface area (Å²) in [6.45, 7) is 1.87. The van der Waals surface area contributed by atoms with Gasteiger partial charge in [-0.25, -0.2) is 9.59 Å². The number of hydrogen-bond acceptors (Lipinski definition) is 7. The first kappa shape index (κ1) is 24.0. The van der Waals surface area contributed by atoms with E-state index in [2.05, 4.69) is 16.0 Å². The van der Waals surface area contributed by atoms with E-state index in [1.54, 1.807) is 42.6 Å². The maximum absolute atomic E-state index is 12.7. The summed E-state index contributed by atoms with van der Waals surface area (Å²) < 4.78 is 10.5. The monoisotopic (exact) mass is 471 g/mol. The number of nitrogens with one attached hydrogen (secondary N) is 3. The minimum absolute atomic E-state index is 0.0697. The van der Waals surface area contributed by atoms with E-state index in [0.29, 0.717) is 24.1 Å². The number of hydrogen-bond donors (Lipinski definition) is 3. The van der Waals surface area contributed by atoms with Crippen molar-refractivity contribution in [1.82, 2.24) is 16.0 Å². The van der Waals surface area contributed by atoms with Crippen LogP contribution >= 0.6 is 11.3 Å². The van der Waals surface area contributed by atoms with Gasteiger partial charge in [0.2, 0.25) is 0 Å². The third-order valence-corrected chi connectivity index (χ3v) is 5.47. The molecule has 1 aliphatic rings. The molecular formula is C23H25N3O6S. The molecule has 3 N–H and O–H groups in total. The van der Waals surface area contributed by atoms with Gasteiger partial charge in [-0.05, 0) is 30.4 Å². The summed E-state index contributed by atoms with van der Waals surface area (Å²) in [4.78, 5) is 49.0. The first-order chi connectivity index (χ1) is 16.0. The van der Waals surface area contributed by atoms with Crippen LogP contribution in [0.4, 0.5) is 4.79 Å². The van der Waals surface area contributed by atoms with Crippen molar-refractivity contribution < 1.29 is 28.7 Å². The molecule has 0 fully saturated rings. The molecule has 1 atom stereocenters. The number of ether oxygens (including phenoxy) is 2. The van der Waals surface area contributed by atoms with Gasteiger partial charge >= 0.3 is 18.0 Å². The van der Waals surface area contributed by atoms with Crippen molar-refractivity contribution in [3.8, 4) is 0 Å². The molecule has 2 heterocycles. The van der Waals surface area contributed by atoms with Crippen molar-refractivity contribution in [2.24, 2.45) is 0 Å². The lowest BCUT2D eigenvalue weighted by Crippen LogP contribution is -2.47. The minimum atomic E-state index is -0.736. The highest BCUT2D eigenvalue weighted by Gasteiger charge is 2.34. The molecule has 0 radical (unpaired) electrons. The second-order valence-electron chi connectivity index (χ2n) is 7.09. The molecule has 9 nitrogen and oxygen atoms in total. The highest BCUT2D eigenvalue weighted by Crippen LogP contribution is 2.27. The minimum Gasteiger partial charge on any atom is -0.463 e. The summed E-state index contributed by atoms with van der Waals surface area (Å²) in [6, 6.07) is 9.45. The third kappa shape index (κ3) is 6.66. The topological polar surface area (TPSA) is 123 Å². The molecule has 33 heavy (non-hydrogen) atoms. The van der Waals surface area contributed by atoms with E-state index >= 15 is 0 Å². The second kappa shape index (κ2) is 11.8. The Bertz CT molecular complexity index is 1020. The van der Waals surface area contributed by atoms with Crippen LogP contribution in [0.25, 0.3) is 0 Å². The lowest BCUT2D eigenvalue weighted by molar-refractivity contribution is -0.143. The molecule has 3 amide bonds. The van der Waals surface area contributed by atoms with E-state index in [-0.39, 0.29) is 36.8 Å². The van der Waals surface area contributed by atoms with Crippen LogP contribution in [0.1, 0.15) is 41.7 Å². The van der Waals surface area contributed by atoms with E-state index < -0.39 is 24.0 Å². The fraction of sp³-hybridized carbons (Fsp3) is 0.304. The number of benzene rings is 1. The van der Waals surface area contributed by atoms with Crippen molar-refractivity contribution in [3.63, 3.8) is 0 Å². The molecule has 1 aromatic heterocycles. The summed E-state index contributed by atoms with van der Waals surface area (Å²) in [6.07, 6.45) is 0.458. The largest absolute Gasteiger partial charge is 0.463 e. The molecule has 0 aliphatic carbocycles. The Kier molecular flexibility index (Phi) is 8.59. The maximum Gasteiger partial charge on any atom is 0.338 e. The summed E-state index contributed by atoms with van der Waals surface area (Å²) >= 11 is 1.43. The zero-order valence-corrected chi connectivity index (χ0v) is 18.9.